The number of aryl methyl sites for hydroxylation is 1. The fourth-order valence-electron chi connectivity index (χ4n) is 3.17. The summed E-state index contributed by atoms with van der Waals surface area (Å²) in [5.41, 5.74) is 0.256. The number of hydrogen-bond donors (Lipinski definition) is 1. The molecule has 2 unspecified atom stereocenters. The highest BCUT2D eigenvalue weighted by Gasteiger charge is 2.36. The summed E-state index contributed by atoms with van der Waals surface area (Å²) in [6, 6.07) is 1.08. The van der Waals surface area contributed by atoms with Crippen LogP contribution in [0.3, 0.4) is 0 Å². The van der Waals surface area contributed by atoms with Crippen LogP contribution in [0.15, 0.2) is 6.33 Å². The van der Waals surface area contributed by atoms with E-state index in [1.807, 2.05) is 4.68 Å². The Kier molecular flexibility index (Phi) is 5.04. The van der Waals surface area contributed by atoms with E-state index in [0.29, 0.717) is 18.0 Å². The summed E-state index contributed by atoms with van der Waals surface area (Å²) in [5.74, 6) is 1.73. The van der Waals surface area contributed by atoms with Crippen LogP contribution in [0.1, 0.15) is 47.4 Å². The van der Waals surface area contributed by atoms with Crippen LogP contribution in [0.25, 0.3) is 0 Å². The second-order valence-corrected chi connectivity index (χ2v) is 7.56. The molecule has 120 valence electrons. The van der Waals surface area contributed by atoms with Crippen LogP contribution in [0, 0.1) is 11.3 Å². The molecule has 0 aliphatic carbocycles. The Hall–Kier alpha value is -0.940. The van der Waals surface area contributed by atoms with Crippen LogP contribution in [0.4, 0.5) is 0 Å². The molecule has 1 saturated heterocycles. The molecule has 21 heavy (non-hydrogen) atoms. The van der Waals surface area contributed by atoms with Gasteiger partial charge >= 0.3 is 0 Å². The maximum atomic E-state index is 4.46. The van der Waals surface area contributed by atoms with Gasteiger partial charge in [0, 0.05) is 31.7 Å². The Balaban J connectivity index is 2.17. The lowest BCUT2D eigenvalue weighted by molar-refractivity contribution is 0.0371. The molecular weight excluding hydrogens is 262 g/mol. The Bertz CT molecular complexity index is 446. The van der Waals surface area contributed by atoms with Crippen molar-refractivity contribution in [2.75, 3.05) is 13.1 Å². The molecule has 0 bridgehead atoms. The molecule has 0 saturated carbocycles. The Labute approximate surface area is 129 Å². The van der Waals surface area contributed by atoms with Gasteiger partial charge in [0.15, 0.2) is 0 Å². The minimum Gasteiger partial charge on any atom is -0.311 e. The Morgan fingerprint density at radius 3 is 2.67 bits per heavy atom. The topological polar surface area (TPSA) is 46.0 Å². The van der Waals surface area contributed by atoms with Crippen molar-refractivity contribution in [3.05, 3.63) is 12.2 Å². The molecule has 1 fully saturated rings. The monoisotopic (exact) mass is 293 g/mol. The van der Waals surface area contributed by atoms with E-state index < -0.39 is 0 Å². The van der Waals surface area contributed by atoms with Gasteiger partial charge in [-0.2, -0.15) is 5.10 Å². The Morgan fingerprint density at radius 1 is 1.38 bits per heavy atom. The zero-order chi connectivity index (χ0) is 15.6. The van der Waals surface area contributed by atoms with Crippen molar-refractivity contribution < 1.29 is 0 Å². The van der Waals surface area contributed by atoms with Crippen LogP contribution in [-0.4, -0.2) is 44.8 Å². The van der Waals surface area contributed by atoms with Crippen LogP contribution < -0.4 is 5.32 Å². The van der Waals surface area contributed by atoms with Crippen molar-refractivity contribution in [3.63, 3.8) is 0 Å². The normalized spacial score (nSPS) is 24.7. The molecule has 5 heteroatoms. The van der Waals surface area contributed by atoms with Crippen molar-refractivity contribution in [1.82, 2.24) is 25.0 Å². The molecule has 1 aromatic rings. The Morgan fingerprint density at radius 2 is 2.10 bits per heavy atom. The fourth-order valence-corrected chi connectivity index (χ4v) is 3.17. The lowest BCUT2D eigenvalue weighted by Gasteiger charge is -2.47. The van der Waals surface area contributed by atoms with Crippen LogP contribution in [0.2, 0.25) is 0 Å². The van der Waals surface area contributed by atoms with Gasteiger partial charge in [0.05, 0.1) is 6.54 Å². The lowest BCUT2D eigenvalue weighted by atomic mass is 9.83. The minimum absolute atomic E-state index is 0.256. The smallest absolute Gasteiger partial charge is 0.141 e. The van der Waals surface area contributed by atoms with E-state index in [0.717, 1.165) is 32.0 Å². The van der Waals surface area contributed by atoms with Gasteiger partial charge in [-0.05, 0) is 18.3 Å². The third-order valence-corrected chi connectivity index (χ3v) is 4.59. The summed E-state index contributed by atoms with van der Waals surface area (Å²) in [7, 11) is 0. The van der Waals surface area contributed by atoms with E-state index in [9.17, 15) is 0 Å². The van der Waals surface area contributed by atoms with Crippen molar-refractivity contribution in [1.29, 1.82) is 0 Å². The van der Waals surface area contributed by atoms with Gasteiger partial charge < -0.3 is 5.32 Å². The fraction of sp³-hybridized carbons (Fsp3) is 0.875. The highest BCUT2D eigenvalue weighted by Crippen LogP contribution is 2.28. The molecule has 0 spiro atoms. The summed E-state index contributed by atoms with van der Waals surface area (Å²) in [4.78, 5) is 7.05. The summed E-state index contributed by atoms with van der Waals surface area (Å²) < 4.78 is 2.01. The molecule has 5 nitrogen and oxygen atoms in total. The van der Waals surface area contributed by atoms with E-state index >= 15 is 0 Å². The third kappa shape index (κ3) is 3.83. The molecule has 2 rings (SSSR count). The second-order valence-electron chi connectivity index (χ2n) is 7.56. The highest BCUT2D eigenvalue weighted by atomic mass is 15.4. The molecule has 2 atom stereocenters. The first kappa shape index (κ1) is 16.4. The zero-order valence-electron chi connectivity index (χ0n) is 14.4. The first-order chi connectivity index (χ1) is 9.82. The maximum absolute atomic E-state index is 4.46. The van der Waals surface area contributed by atoms with Crippen molar-refractivity contribution in [2.45, 2.75) is 66.7 Å². The van der Waals surface area contributed by atoms with Crippen molar-refractivity contribution in [2.24, 2.45) is 11.3 Å². The van der Waals surface area contributed by atoms with Crippen LogP contribution in [-0.2, 0) is 13.1 Å². The first-order valence-corrected chi connectivity index (χ1v) is 8.17. The molecule has 0 radical (unpaired) electrons. The first-order valence-electron chi connectivity index (χ1n) is 8.17. The summed E-state index contributed by atoms with van der Waals surface area (Å²) in [6.07, 6.45) is 1.67. The molecule has 1 aliphatic heterocycles. The number of piperazine rings is 1. The van der Waals surface area contributed by atoms with E-state index in [1.54, 1.807) is 6.33 Å². The minimum atomic E-state index is 0.256. The largest absolute Gasteiger partial charge is 0.311 e. The number of nitrogens with zero attached hydrogens (tertiary/aromatic N) is 4. The summed E-state index contributed by atoms with van der Waals surface area (Å²) >= 11 is 0. The van der Waals surface area contributed by atoms with Gasteiger partial charge in [0.1, 0.15) is 12.2 Å². The molecular formula is C16H31N5. The number of hydrogen-bond acceptors (Lipinski definition) is 4. The van der Waals surface area contributed by atoms with E-state index in [4.69, 9.17) is 0 Å². The van der Waals surface area contributed by atoms with Crippen LogP contribution in [0.5, 0.6) is 0 Å². The number of rotatable bonds is 4. The molecule has 1 aliphatic rings. The predicted octanol–water partition coefficient (Wildman–Crippen LogP) is 2.14. The molecule has 1 N–H and O–H groups in total. The van der Waals surface area contributed by atoms with Gasteiger partial charge in [0.25, 0.3) is 0 Å². The predicted molar refractivity (Wildman–Crippen MR) is 86.0 cm³/mol. The molecule has 2 heterocycles. The molecule has 0 aromatic carbocycles. The summed E-state index contributed by atoms with van der Waals surface area (Å²) in [6.45, 7) is 17.6. The third-order valence-electron chi connectivity index (χ3n) is 4.59. The summed E-state index contributed by atoms with van der Waals surface area (Å²) in [5, 5.41) is 8.03. The maximum Gasteiger partial charge on any atom is 0.141 e. The average Bonchev–Trinajstić information content (AvgIpc) is 2.84. The highest BCUT2D eigenvalue weighted by molar-refractivity contribution is 4.96. The van der Waals surface area contributed by atoms with Crippen LogP contribution >= 0.6 is 0 Å². The quantitative estimate of drug-likeness (QED) is 0.924. The molecule has 0 amide bonds. The van der Waals surface area contributed by atoms with E-state index in [1.165, 1.54) is 0 Å². The van der Waals surface area contributed by atoms with Crippen molar-refractivity contribution in [3.8, 4) is 0 Å². The number of aromatic nitrogens is 3. The van der Waals surface area contributed by atoms with Gasteiger partial charge in [0.2, 0.25) is 0 Å². The number of nitrogens with one attached hydrogen (secondary N) is 1. The SMILES string of the molecule is CCn1ncnc1CN1CC(C(C)C)NCC1C(C)(C)C. The average molecular weight is 293 g/mol. The second kappa shape index (κ2) is 6.44. The van der Waals surface area contributed by atoms with E-state index in [2.05, 4.69) is 61.8 Å². The standard InChI is InChI=1S/C16H31N5/c1-7-21-15(18-11-19-21)10-20-9-13(12(2)3)17-8-14(20)16(4,5)6/h11-14,17H,7-10H2,1-6H3. The van der Waals surface area contributed by atoms with E-state index in [-0.39, 0.29) is 5.41 Å². The van der Waals surface area contributed by atoms with Gasteiger partial charge in [-0.1, -0.05) is 34.6 Å². The van der Waals surface area contributed by atoms with Gasteiger partial charge in [-0.15, -0.1) is 0 Å². The zero-order valence-corrected chi connectivity index (χ0v) is 14.4. The lowest BCUT2D eigenvalue weighted by Crippen LogP contribution is -2.61. The van der Waals surface area contributed by atoms with Crippen molar-refractivity contribution >= 4 is 0 Å². The van der Waals surface area contributed by atoms with Gasteiger partial charge in [-0.3, -0.25) is 4.90 Å². The van der Waals surface area contributed by atoms with Gasteiger partial charge in [-0.25, -0.2) is 9.67 Å². The molecule has 1 aromatic heterocycles.